The lowest BCUT2D eigenvalue weighted by Gasteiger charge is -2.11. The van der Waals surface area contributed by atoms with E-state index in [1.165, 1.54) is 6.92 Å². The van der Waals surface area contributed by atoms with Gasteiger partial charge in [0.05, 0.1) is 13.2 Å². The number of halogens is 3. The Hall–Kier alpha value is -1.24. The molecule has 0 bridgehead atoms. The van der Waals surface area contributed by atoms with Gasteiger partial charge in [0.2, 0.25) is 4.87 Å². The lowest BCUT2D eigenvalue weighted by Crippen LogP contribution is -2.35. The molecule has 0 N–H and O–H groups in total. The summed E-state index contributed by atoms with van der Waals surface area (Å²) < 4.78 is 33.3. The maximum Gasteiger partial charge on any atom is 0.335 e. The van der Waals surface area contributed by atoms with Crippen molar-refractivity contribution in [3.05, 3.63) is 0 Å². The standard InChI is InChI=1S/C7H10F2O2.C6H7ClO3/c1-2-11-6(10)7(3-4-7)5(8)9;1-4(8)6(7)2-3-10-5(6)9/h5H,2-4H2,1H3;2-3H2,1H3. The van der Waals surface area contributed by atoms with E-state index in [4.69, 9.17) is 11.6 Å². The number of ketones is 1. The molecule has 8 heteroatoms. The highest BCUT2D eigenvalue weighted by atomic mass is 35.5. The molecule has 0 spiro atoms. The maximum absolute atomic E-state index is 12.1. The minimum Gasteiger partial charge on any atom is -0.465 e. The molecular formula is C13H17ClF2O5. The van der Waals surface area contributed by atoms with Crippen LogP contribution in [0.2, 0.25) is 0 Å². The minimum absolute atomic E-state index is 0.174. The van der Waals surface area contributed by atoms with Crippen molar-refractivity contribution in [1.29, 1.82) is 0 Å². The third-order valence-corrected chi connectivity index (χ3v) is 4.06. The number of alkyl halides is 3. The monoisotopic (exact) mass is 326 g/mol. The van der Waals surface area contributed by atoms with Gasteiger partial charge in [-0.25, -0.2) is 13.6 Å². The van der Waals surface area contributed by atoms with Gasteiger partial charge >= 0.3 is 11.9 Å². The Morgan fingerprint density at radius 1 is 1.38 bits per heavy atom. The molecule has 2 rings (SSSR count). The molecule has 0 aromatic rings. The fourth-order valence-electron chi connectivity index (χ4n) is 1.74. The third-order valence-electron chi connectivity index (χ3n) is 3.45. The summed E-state index contributed by atoms with van der Waals surface area (Å²) >= 11 is 5.63. The number of hydrogen-bond donors (Lipinski definition) is 0. The largest absolute Gasteiger partial charge is 0.465 e. The number of rotatable bonds is 4. The Kier molecular flexibility index (Phi) is 5.67. The second kappa shape index (κ2) is 6.68. The number of ether oxygens (including phenoxy) is 2. The molecule has 1 atom stereocenters. The molecule has 0 aromatic carbocycles. The van der Waals surface area contributed by atoms with Gasteiger partial charge in [-0.05, 0) is 26.7 Å². The van der Waals surface area contributed by atoms with Gasteiger partial charge in [-0.15, -0.1) is 0 Å². The first kappa shape index (κ1) is 17.8. The molecule has 0 radical (unpaired) electrons. The predicted molar refractivity (Wildman–Crippen MR) is 69.1 cm³/mol. The van der Waals surface area contributed by atoms with Crippen molar-refractivity contribution in [2.24, 2.45) is 5.41 Å². The Balaban J connectivity index is 0.000000211. The number of carbonyl (C=O) groups is 3. The Bertz CT molecular complexity index is 436. The first-order valence-electron chi connectivity index (χ1n) is 6.53. The second-order valence-corrected chi connectivity index (χ2v) is 5.57. The summed E-state index contributed by atoms with van der Waals surface area (Å²) in [6, 6.07) is 0. The lowest BCUT2D eigenvalue weighted by atomic mass is 10.0. The van der Waals surface area contributed by atoms with E-state index in [1.807, 2.05) is 0 Å². The van der Waals surface area contributed by atoms with Gasteiger partial charge in [0, 0.05) is 6.42 Å². The summed E-state index contributed by atoms with van der Waals surface area (Å²) in [4.78, 5) is 31.0. The normalized spacial score (nSPS) is 25.7. The Morgan fingerprint density at radius 3 is 2.19 bits per heavy atom. The number of cyclic esters (lactones) is 1. The van der Waals surface area contributed by atoms with Crippen LogP contribution in [0.4, 0.5) is 8.78 Å². The summed E-state index contributed by atoms with van der Waals surface area (Å²) in [6.45, 7) is 3.33. The summed E-state index contributed by atoms with van der Waals surface area (Å²) in [5, 5.41) is 0. The highest BCUT2D eigenvalue weighted by molar-refractivity contribution is 6.45. The molecule has 5 nitrogen and oxygen atoms in total. The van der Waals surface area contributed by atoms with Crippen LogP contribution in [0.3, 0.4) is 0 Å². The van der Waals surface area contributed by atoms with Crippen LogP contribution in [0, 0.1) is 5.41 Å². The van der Waals surface area contributed by atoms with Crippen LogP contribution in [0.15, 0.2) is 0 Å². The quantitative estimate of drug-likeness (QED) is 0.449. The molecule has 1 heterocycles. The summed E-state index contributed by atoms with van der Waals surface area (Å²) in [5.41, 5.74) is -1.43. The molecule has 120 valence electrons. The van der Waals surface area contributed by atoms with Crippen LogP contribution < -0.4 is 0 Å². The lowest BCUT2D eigenvalue weighted by molar-refractivity contribution is -0.156. The fraction of sp³-hybridized carbons (Fsp3) is 0.769. The van der Waals surface area contributed by atoms with Crippen molar-refractivity contribution < 1.29 is 32.6 Å². The van der Waals surface area contributed by atoms with Gasteiger partial charge in [-0.2, -0.15) is 0 Å². The molecule has 0 aromatic heterocycles. The fourth-order valence-corrected chi connectivity index (χ4v) is 1.87. The summed E-state index contributed by atoms with van der Waals surface area (Å²) in [7, 11) is 0. The average molecular weight is 327 g/mol. The number of esters is 2. The molecule has 1 saturated carbocycles. The van der Waals surface area contributed by atoms with Gasteiger partial charge in [-0.3, -0.25) is 9.59 Å². The van der Waals surface area contributed by atoms with E-state index in [9.17, 15) is 23.2 Å². The predicted octanol–water partition coefficient (Wildman–Crippen LogP) is 2.09. The van der Waals surface area contributed by atoms with E-state index in [2.05, 4.69) is 9.47 Å². The van der Waals surface area contributed by atoms with Gasteiger partial charge in [-0.1, -0.05) is 11.6 Å². The Morgan fingerprint density at radius 2 is 1.95 bits per heavy atom. The zero-order chi connectivity index (χ0) is 16.3. The van der Waals surface area contributed by atoms with Crippen LogP contribution in [0.5, 0.6) is 0 Å². The topological polar surface area (TPSA) is 69.7 Å². The number of hydrogen-bond acceptors (Lipinski definition) is 5. The average Bonchev–Trinajstić information content (AvgIpc) is 3.14. The summed E-state index contributed by atoms with van der Waals surface area (Å²) in [6.07, 6.45) is -1.74. The van der Waals surface area contributed by atoms with Gasteiger partial charge in [0.25, 0.3) is 6.43 Å². The first-order valence-corrected chi connectivity index (χ1v) is 6.91. The van der Waals surface area contributed by atoms with Crippen molar-refractivity contribution in [3.63, 3.8) is 0 Å². The van der Waals surface area contributed by atoms with Crippen LogP contribution in [0.1, 0.15) is 33.1 Å². The molecule has 2 aliphatic rings. The molecule has 0 amide bonds. The van der Waals surface area contributed by atoms with Crippen LogP contribution >= 0.6 is 11.6 Å². The van der Waals surface area contributed by atoms with Gasteiger partial charge in [0.15, 0.2) is 5.78 Å². The van der Waals surface area contributed by atoms with Crippen LogP contribution in [-0.2, 0) is 23.9 Å². The second-order valence-electron chi connectivity index (χ2n) is 4.92. The van der Waals surface area contributed by atoms with Crippen LogP contribution in [-0.4, -0.2) is 42.2 Å². The zero-order valence-electron chi connectivity index (χ0n) is 11.8. The smallest absolute Gasteiger partial charge is 0.335 e. The molecule has 2 fully saturated rings. The summed E-state index contributed by atoms with van der Waals surface area (Å²) in [5.74, 6) is -1.69. The number of carbonyl (C=O) groups excluding carboxylic acids is 3. The van der Waals surface area contributed by atoms with E-state index in [0.717, 1.165) is 0 Å². The SMILES string of the molecule is CC(=O)C1(Cl)CCOC1=O.CCOC(=O)C1(C(F)F)CC1. The molecule has 1 aliphatic heterocycles. The number of Topliss-reactive ketones (excluding diaryl/α,β-unsaturated/α-hetero) is 1. The van der Waals surface area contributed by atoms with E-state index in [-0.39, 0.29) is 31.8 Å². The van der Waals surface area contributed by atoms with Crippen molar-refractivity contribution in [1.82, 2.24) is 0 Å². The third kappa shape index (κ3) is 3.70. The molecule has 21 heavy (non-hydrogen) atoms. The van der Waals surface area contributed by atoms with E-state index in [1.54, 1.807) is 6.92 Å². The van der Waals surface area contributed by atoms with E-state index in [0.29, 0.717) is 6.42 Å². The van der Waals surface area contributed by atoms with Gasteiger partial charge in [0.1, 0.15) is 5.41 Å². The molecule has 1 aliphatic carbocycles. The Labute approximate surface area is 125 Å². The van der Waals surface area contributed by atoms with E-state index < -0.39 is 28.7 Å². The van der Waals surface area contributed by atoms with Gasteiger partial charge < -0.3 is 9.47 Å². The highest BCUT2D eigenvalue weighted by Gasteiger charge is 2.58. The molecule has 1 saturated heterocycles. The van der Waals surface area contributed by atoms with Crippen molar-refractivity contribution in [2.45, 2.75) is 44.4 Å². The molecular weight excluding hydrogens is 310 g/mol. The van der Waals surface area contributed by atoms with Crippen molar-refractivity contribution in [2.75, 3.05) is 13.2 Å². The maximum atomic E-state index is 12.1. The highest BCUT2D eigenvalue weighted by Crippen LogP contribution is 2.51. The molecule has 1 unspecified atom stereocenters. The van der Waals surface area contributed by atoms with E-state index >= 15 is 0 Å². The minimum atomic E-state index is -2.57. The first-order chi connectivity index (χ1) is 9.70. The zero-order valence-corrected chi connectivity index (χ0v) is 12.5. The van der Waals surface area contributed by atoms with Crippen molar-refractivity contribution in [3.8, 4) is 0 Å². The van der Waals surface area contributed by atoms with Crippen molar-refractivity contribution >= 4 is 29.3 Å². The van der Waals surface area contributed by atoms with Crippen LogP contribution in [0.25, 0.3) is 0 Å².